The predicted molar refractivity (Wildman–Crippen MR) is 128 cm³/mol. The summed E-state index contributed by atoms with van der Waals surface area (Å²) in [4.78, 5) is 28.0. The van der Waals surface area contributed by atoms with E-state index in [2.05, 4.69) is 29.4 Å². The number of nitrogens with one attached hydrogen (secondary N) is 2. The van der Waals surface area contributed by atoms with Gasteiger partial charge in [0.05, 0.1) is 25.1 Å². The van der Waals surface area contributed by atoms with Crippen LogP contribution >= 0.6 is 0 Å². The molecule has 2 amide bonds. The number of morpholine rings is 1. The first kappa shape index (κ1) is 25.2. The molecule has 2 heterocycles. The van der Waals surface area contributed by atoms with Gasteiger partial charge < -0.3 is 24.9 Å². The molecular weight excluding hydrogens is 434 g/mol. The standard InChI is InChI=1S/C26H41N3O5/c1-24(2)18-21(28-23(31)19-5-4-14-34-19)26(9-8-25(3,32)17-20(24)26)7-6-22(30)27-10-11-29-12-15-33-16-13-29/h4-5,14,20-21,32H,6-13,15-18H2,1-3H3,(H,27,30)(H,28,31)/t20-,21-,25-,26-/m0/s1. The quantitative estimate of drug-likeness (QED) is 0.534. The first-order valence-electron chi connectivity index (χ1n) is 12.7. The van der Waals surface area contributed by atoms with E-state index in [4.69, 9.17) is 9.15 Å². The van der Waals surface area contributed by atoms with Gasteiger partial charge in [0, 0.05) is 38.6 Å². The van der Waals surface area contributed by atoms with E-state index in [-0.39, 0.29) is 34.6 Å². The second-order valence-electron chi connectivity index (χ2n) is 11.5. The zero-order valence-corrected chi connectivity index (χ0v) is 20.9. The lowest BCUT2D eigenvalue weighted by atomic mass is 9.57. The van der Waals surface area contributed by atoms with Gasteiger partial charge in [-0.15, -0.1) is 0 Å². The van der Waals surface area contributed by atoms with E-state index in [1.807, 2.05) is 6.92 Å². The molecule has 190 valence electrons. The molecule has 3 aliphatic rings. The lowest BCUT2D eigenvalue weighted by Gasteiger charge is -2.50. The van der Waals surface area contributed by atoms with Crippen LogP contribution in [0.5, 0.6) is 0 Å². The van der Waals surface area contributed by atoms with Crippen LogP contribution in [0.2, 0.25) is 0 Å². The molecular formula is C26H41N3O5. The van der Waals surface area contributed by atoms with Gasteiger partial charge in [0.1, 0.15) is 0 Å². The molecule has 3 fully saturated rings. The van der Waals surface area contributed by atoms with Crippen molar-refractivity contribution in [2.75, 3.05) is 39.4 Å². The highest BCUT2D eigenvalue weighted by atomic mass is 16.5. The first-order chi connectivity index (χ1) is 16.1. The van der Waals surface area contributed by atoms with Crippen LogP contribution in [0, 0.1) is 16.7 Å². The van der Waals surface area contributed by atoms with E-state index in [0.717, 1.165) is 45.7 Å². The molecule has 8 heteroatoms. The molecule has 1 saturated heterocycles. The Balaban J connectivity index is 1.43. The second kappa shape index (κ2) is 9.99. The number of rotatable bonds is 8. The van der Waals surface area contributed by atoms with Crippen molar-refractivity contribution in [2.24, 2.45) is 16.7 Å². The maximum absolute atomic E-state index is 12.9. The van der Waals surface area contributed by atoms with Gasteiger partial charge >= 0.3 is 0 Å². The molecule has 0 unspecified atom stereocenters. The molecule has 0 spiro atoms. The smallest absolute Gasteiger partial charge is 0.287 e. The summed E-state index contributed by atoms with van der Waals surface area (Å²) in [6.45, 7) is 11.2. The normalized spacial score (nSPS) is 33.3. The third-order valence-corrected chi connectivity index (χ3v) is 8.56. The van der Waals surface area contributed by atoms with Crippen molar-refractivity contribution < 1.29 is 23.8 Å². The summed E-state index contributed by atoms with van der Waals surface area (Å²) >= 11 is 0. The van der Waals surface area contributed by atoms with Crippen molar-refractivity contribution in [1.82, 2.24) is 15.5 Å². The molecule has 2 aliphatic carbocycles. The lowest BCUT2D eigenvalue weighted by molar-refractivity contribution is -0.123. The number of hydrogen-bond donors (Lipinski definition) is 3. The fourth-order valence-electron chi connectivity index (χ4n) is 6.68. The van der Waals surface area contributed by atoms with Crippen LogP contribution in [0.3, 0.4) is 0 Å². The zero-order valence-electron chi connectivity index (χ0n) is 20.9. The Bertz CT molecular complexity index is 847. The van der Waals surface area contributed by atoms with E-state index in [0.29, 0.717) is 38.0 Å². The predicted octanol–water partition coefficient (Wildman–Crippen LogP) is 2.57. The number of hydrogen-bond acceptors (Lipinski definition) is 6. The van der Waals surface area contributed by atoms with Crippen LogP contribution in [0.1, 0.15) is 69.9 Å². The highest BCUT2D eigenvalue weighted by Crippen LogP contribution is 2.63. The maximum atomic E-state index is 12.9. The zero-order chi connectivity index (χ0) is 24.4. The monoisotopic (exact) mass is 475 g/mol. The van der Waals surface area contributed by atoms with Crippen LogP contribution < -0.4 is 10.6 Å². The third kappa shape index (κ3) is 5.50. The van der Waals surface area contributed by atoms with Crippen LogP contribution in [-0.4, -0.2) is 72.9 Å². The number of carbonyl (C=O) groups is 2. The summed E-state index contributed by atoms with van der Waals surface area (Å²) in [7, 11) is 0. The van der Waals surface area contributed by atoms with Gasteiger partial charge in [-0.05, 0) is 67.9 Å². The van der Waals surface area contributed by atoms with Gasteiger partial charge in [0.2, 0.25) is 5.91 Å². The molecule has 34 heavy (non-hydrogen) atoms. The number of ether oxygens (including phenoxy) is 1. The number of furan rings is 1. The largest absolute Gasteiger partial charge is 0.459 e. The summed E-state index contributed by atoms with van der Waals surface area (Å²) in [6.07, 6.45) is 5.59. The minimum atomic E-state index is -0.717. The van der Waals surface area contributed by atoms with Crippen molar-refractivity contribution in [2.45, 2.75) is 70.9 Å². The summed E-state index contributed by atoms with van der Waals surface area (Å²) in [5, 5.41) is 17.2. The topological polar surface area (TPSA) is 104 Å². The molecule has 1 aromatic heterocycles. The van der Waals surface area contributed by atoms with Crippen molar-refractivity contribution in [1.29, 1.82) is 0 Å². The second-order valence-corrected chi connectivity index (χ2v) is 11.5. The Hall–Kier alpha value is -1.90. The lowest BCUT2D eigenvalue weighted by Crippen LogP contribution is -2.52. The molecule has 3 N–H and O–H groups in total. The van der Waals surface area contributed by atoms with E-state index in [1.54, 1.807) is 12.1 Å². The molecule has 1 aromatic rings. The number of amides is 2. The van der Waals surface area contributed by atoms with Crippen LogP contribution in [0.15, 0.2) is 22.8 Å². The van der Waals surface area contributed by atoms with Crippen molar-refractivity contribution >= 4 is 11.8 Å². The Morgan fingerprint density at radius 1 is 1.18 bits per heavy atom. The van der Waals surface area contributed by atoms with Gasteiger partial charge in [0.25, 0.3) is 5.91 Å². The molecule has 1 aliphatic heterocycles. The SMILES string of the molecule is CC1(C)C[C@H](NC(=O)c2ccco2)[C@@]2(CCC(=O)NCCN3CCOCC3)CC[C@](C)(O)C[C@@H]12. The molecule has 2 saturated carbocycles. The minimum absolute atomic E-state index is 0.0551. The summed E-state index contributed by atoms with van der Waals surface area (Å²) in [5.74, 6) is 0.365. The van der Waals surface area contributed by atoms with Crippen LogP contribution in [-0.2, 0) is 9.53 Å². The van der Waals surface area contributed by atoms with Crippen LogP contribution in [0.4, 0.5) is 0 Å². The van der Waals surface area contributed by atoms with Crippen molar-refractivity contribution in [3.63, 3.8) is 0 Å². The first-order valence-corrected chi connectivity index (χ1v) is 12.7. The van der Waals surface area contributed by atoms with Gasteiger partial charge in [0.15, 0.2) is 5.76 Å². The average Bonchev–Trinajstić information content (AvgIpc) is 3.39. The molecule has 4 rings (SSSR count). The van der Waals surface area contributed by atoms with E-state index >= 15 is 0 Å². The van der Waals surface area contributed by atoms with E-state index < -0.39 is 5.60 Å². The van der Waals surface area contributed by atoms with Gasteiger partial charge in [-0.3, -0.25) is 14.5 Å². The number of nitrogens with zero attached hydrogens (tertiary/aromatic N) is 1. The Morgan fingerprint density at radius 2 is 1.94 bits per heavy atom. The number of carbonyl (C=O) groups excluding carboxylic acids is 2. The Morgan fingerprint density at radius 3 is 2.65 bits per heavy atom. The summed E-state index contributed by atoms with van der Waals surface area (Å²) < 4.78 is 10.7. The summed E-state index contributed by atoms with van der Waals surface area (Å²) in [5.41, 5.74) is -1.00. The fraction of sp³-hybridized carbons (Fsp3) is 0.769. The van der Waals surface area contributed by atoms with Crippen molar-refractivity contribution in [3.05, 3.63) is 24.2 Å². The molecule has 0 radical (unpaired) electrons. The maximum Gasteiger partial charge on any atom is 0.287 e. The molecule has 4 atom stereocenters. The van der Waals surface area contributed by atoms with Gasteiger partial charge in [-0.1, -0.05) is 13.8 Å². The Kier molecular flexibility index (Phi) is 7.41. The average molecular weight is 476 g/mol. The summed E-state index contributed by atoms with van der Waals surface area (Å²) in [6, 6.07) is 3.32. The van der Waals surface area contributed by atoms with Gasteiger partial charge in [-0.2, -0.15) is 0 Å². The number of fused-ring (bicyclic) bond motifs is 1. The highest BCUT2D eigenvalue weighted by molar-refractivity contribution is 5.91. The molecule has 0 aromatic carbocycles. The van der Waals surface area contributed by atoms with Gasteiger partial charge in [-0.25, -0.2) is 0 Å². The molecule has 0 bridgehead atoms. The van der Waals surface area contributed by atoms with Crippen LogP contribution in [0.25, 0.3) is 0 Å². The minimum Gasteiger partial charge on any atom is -0.459 e. The molecule has 8 nitrogen and oxygen atoms in total. The highest BCUT2D eigenvalue weighted by Gasteiger charge is 2.61. The van der Waals surface area contributed by atoms with E-state index in [9.17, 15) is 14.7 Å². The fourth-order valence-corrected chi connectivity index (χ4v) is 6.68. The van der Waals surface area contributed by atoms with E-state index in [1.165, 1.54) is 6.26 Å². The Labute approximate surface area is 202 Å². The number of aliphatic hydroxyl groups is 1. The van der Waals surface area contributed by atoms with Crippen molar-refractivity contribution in [3.8, 4) is 0 Å². The third-order valence-electron chi connectivity index (χ3n) is 8.56.